The van der Waals surface area contributed by atoms with Crippen molar-refractivity contribution in [1.82, 2.24) is 15.0 Å². The Morgan fingerprint density at radius 1 is 1.10 bits per heavy atom. The number of morpholine rings is 1. The molecule has 0 atom stereocenters. The number of hydrogen-bond acceptors (Lipinski definition) is 8. The second-order valence-electron chi connectivity index (χ2n) is 6.97. The summed E-state index contributed by atoms with van der Waals surface area (Å²) in [6.45, 7) is 4.79. The van der Waals surface area contributed by atoms with Gasteiger partial charge >= 0.3 is 0 Å². The van der Waals surface area contributed by atoms with Gasteiger partial charge in [0.05, 0.1) is 37.9 Å². The maximum atomic E-state index is 13.2. The number of aromatic nitrogens is 3. The van der Waals surface area contributed by atoms with Crippen molar-refractivity contribution in [3.05, 3.63) is 54.5 Å². The molecule has 2 aromatic heterocycles. The van der Waals surface area contributed by atoms with Crippen LogP contribution in [0.4, 0.5) is 11.5 Å². The third-order valence-electron chi connectivity index (χ3n) is 4.86. The summed E-state index contributed by atoms with van der Waals surface area (Å²) in [5.74, 6) is 0.120. The van der Waals surface area contributed by atoms with Gasteiger partial charge in [-0.1, -0.05) is 12.1 Å². The van der Waals surface area contributed by atoms with Gasteiger partial charge in [-0.05, 0) is 31.2 Å². The predicted molar refractivity (Wildman–Crippen MR) is 117 cm³/mol. The molecule has 1 saturated heterocycles. The van der Waals surface area contributed by atoms with Crippen LogP contribution in [0.1, 0.15) is 5.69 Å². The van der Waals surface area contributed by atoms with Gasteiger partial charge in [0, 0.05) is 30.5 Å². The minimum Gasteiger partial charge on any atom is -0.478 e. The second kappa shape index (κ2) is 8.86. The lowest BCUT2D eigenvalue weighted by Gasteiger charge is -2.28. The van der Waals surface area contributed by atoms with E-state index in [1.807, 2.05) is 24.3 Å². The van der Waals surface area contributed by atoms with Crippen LogP contribution in [-0.4, -0.2) is 56.8 Å². The number of nitrogens with one attached hydrogen (secondary N) is 1. The zero-order valence-electron chi connectivity index (χ0n) is 17.3. The van der Waals surface area contributed by atoms with Crippen LogP contribution in [0.15, 0.2) is 53.7 Å². The Morgan fingerprint density at radius 3 is 2.55 bits per heavy atom. The monoisotopic (exact) mass is 441 g/mol. The summed E-state index contributed by atoms with van der Waals surface area (Å²) in [4.78, 5) is 14.9. The second-order valence-corrected chi connectivity index (χ2v) is 8.62. The molecule has 0 unspecified atom stereocenters. The van der Waals surface area contributed by atoms with E-state index in [1.165, 1.54) is 19.4 Å². The average molecular weight is 442 g/mol. The molecule has 162 valence electrons. The molecule has 31 heavy (non-hydrogen) atoms. The highest BCUT2D eigenvalue weighted by molar-refractivity contribution is 7.92. The zero-order valence-corrected chi connectivity index (χ0v) is 18.1. The lowest BCUT2D eigenvalue weighted by Crippen LogP contribution is -2.36. The van der Waals surface area contributed by atoms with Crippen LogP contribution in [0, 0.1) is 6.92 Å². The number of aryl methyl sites for hydroxylation is 1. The maximum absolute atomic E-state index is 13.2. The van der Waals surface area contributed by atoms with Gasteiger partial charge in [0.1, 0.15) is 4.90 Å². The Hall–Kier alpha value is -3.24. The molecule has 0 spiro atoms. The average Bonchev–Trinajstić information content (AvgIpc) is 2.81. The maximum Gasteiger partial charge on any atom is 0.265 e. The molecule has 3 aromatic rings. The van der Waals surface area contributed by atoms with E-state index >= 15 is 0 Å². The lowest BCUT2D eigenvalue weighted by molar-refractivity contribution is 0.122. The van der Waals surface area contributed by atoms with Crippen molar-refractivity contribution in [2.24, 2.45) is 0 Å². The van der Waals surface area contributed by atoms with Crippen LogP contribution in [0.25, 0.3) is 11.3 Å². The molecule has 1 fully saturated rings. The molecule has 0 bridgehead atoms. The molecule has 1 aliphatic rings. The molecule has 0 amide bonds. The summed E-state index contributed by atoms with van der Waals surface area (Å²) in [6, 6.07) is 10.8. The number of hydrogen-bond donors (Lipinski definition) is 1. The standard InChI is InChI=1S/C21H23N5O4S/c1-15-14-23-20(21(24-15)29-2)25-31(27,28)18-4-3-9-22-19(18)16-5-7-17(8-6-16)26-10-12-30-13-11-26/h3-9,14H,10-13H2,1-2H3,(H,23,25). The zero-order chi connectivity index (χ0) is 21.8. The number of methoxy groups -OCH3 is 1. The molecule has 4 rings (SSSR count). The lowest BCUT2D eigenvalue weighted by atomic mass is 10.1. The van der Waals surface area contributed by atoms with Gasteiger partial charge in [0.15, 0.2) is 0 Å². The first-order valence-electron chi connectivity index (χ1n) is 9.76. The molecule has 0 saturated carbocycles. The number of sulfonamides is 1. The normalized spacial score (nSPS) is 14.3. The molecule has 0 aliphatic carbocycles. The van der Waals surface area contributed by atoms with Crippen molar-refractivity contribution in [2.45, 2.75) is 11.8 Å². The smallest absolute Gasteiger partial charge is 0.265 e. The Bertz CT molecular complexity index is 1160. The quantitative estimate of drug-likeness (QED) is 0.622. The fraction of sp³-hybridized carbons (Fsp3) is 0.286. The van der Waals surface area contributed by atoms with E-state index in [9.17, 15) is 8.42 Å². The number of rotatable bonds is 6. The Kier molecular flexibility index (Phi) is 6.01. The van der Waals surface area contributed by atoms with E-state index in [4.69, 9.17) is 9.47 Å². The molecule has 3 heterocycles. The third kappa shape index (κ3) is 4.59. The van der Waals surface area contributed by atoms with Crippen molar-refractivity contribution < 1.29 is 17.9 Å². The Balaban J connectivity index is 1.65. The van der Waals surface area contributed by atoms with Crippen LogP contribution in [-0.2, 0) is 14.8 Å². The van der Waals surface area contributed by atoms with Crippen LogP contribution in [0.2, 0.25) is 0 Å². The van der Waals surface area contributed by atoms with Crippen LogP contribution < -0.4 is 14.4 Å². The summed E-state index contributed by atoms with van der Waals surface area (Å²) < 4.78 is 39.4. The summed E-state index contributed by atoms with van der Waals surface area (Å²) in [7, 11) is -2.58. The van der Waals surface area contributed by atoms with Gasteiger partial charge in [-0.3, -0.25) is 9.71 Å². The van der Waals surface area contributed by atoms with Crippen molar-refractivity contribution in [3.63, 3.8) is 0 Å². The van der Waals surface area contributed by atoms with Crippen LogP contribution in [0.5, 0.6) is 5.88 Å². The van der Waals surface area contributed by atoms with Crippen molar-refractivity contribution in [2.75, 3.05) is 43.0 Å². The molecule has 1 N–H and O–H groups in total. The van der Waals surface area contributed by atoms with Gasteiger partial charge in [-0.25, -0.2) is 18.4 Å². The first-order valence-corrected chi connectivity index (χ1v) is 11.2. The molecule has 1 aromatic carbocycles. The highest BCUT2D eigenvalue weighted by atomic mass is 32.2. The van der Waals surface area contributed by atoms with Crippen LogP contribution >= 0.6 is 0 Å². The van der Waals surface area contributed by atoms with E-state index < -0.39 is 10.0 Å². The molecular weight excluding hydrogens is 418 g/mol. The molecule has 1 aliphatic heterocycles. The minimum absolute atomic E-state index is 0.0190. The molecular formula is C21H23N5O4S. The summed E-state index contributed by atoms with van der Waals surface area (Å²) >= 11 is 0. The van der Waals surface area contributed by atoms with Gasteiger partial charge in [-0.2, -0.15) is 0 Å². The van der Waals surface area contributed by atoms with E-state index in [0.29, 0.717) is 30.2 Å². The minimum atomic E-state index is -3.99. The first kappa shape index (κ1) is 21.0. The number of pyridine rings is 1. The predicted octanol–water partition coefficient (Wildman–Crippen LogP) is 2.49. The third-order valence-corrected chi connectivity index (χ3v) is 6.23. The van der Waals surface area contributed by atoms with Crippen LogP contribution in [0.3, 0.4) is 0 Å². The molecule has 10 heteroatoms. The van der Waals surface area contributed by atoms with Gasteiger partial charge in [-0.15, -0.1) is 0 Å². The summed E-state index contributed by atoms with van der Waals surface area (Å²) in [6.07, 6.45) is 3.03. The summed E-state index contributed by atoms with van der Waals surface area (Å²) in [5, 5.41) is 0. The number of anilines is 2. The highest BCUT2D eigenvalue weighted by Crippen LogP contribution is 2.29. The first-order chi connectivity index (χ1) is 15.0. The topological polar surface area (TPSA) is 107 Å². The number of benzene rings is 1. The van der Waals surface area contributed by atoms with Crippen molar-refractivity contribution in [3.8, 4) is 17.1 Å². The van der Waals surface area contributed by atoms with Gasteiger partial charge in [0.2, 0.25) is 5.82 Å². The SMILES string of the molecule is COc1nc(C)cnc1NS(=O)(=O)c1cccnc1-c1ccc(N2CCOCC2)cc1. The van der Waals surface area contributed by atoms with Crippen molar-refractivity contribution in [1.29, 1.82) is 0 Å². The molecule has 9 nitrogen and oxygen atoms in total. The van der Waals surface area contributed by atoms with Crippen molar-refractivity contribution >= 4 is 21.5 Å². The Labute approximate surface area is 181 Å². The number of ether oxygens (including phenoxy) is 2. The largest absolute Gasteiger partial charge is 0.478 e. The Morgan fingerprint density at radius 2 is 1.84 bits per heavy atom. The van der Waals surface area contributed by atoms with E-state index in [-0.39, 0.29) is 16.6 Å². The van der Waals surface area contributed by atoms with E-state index in [0.717, 1.165) is 18.8 Å². The van der Waals surface area contributed by atoms with Gasteiger partial charge in [0.25, 0.3) is 15.9 Å². The summed E-state index contributed by atoms with van der Waals surface area (Å²) in [5.41, 5.74) is 2.72. The fourth-order valence-corrected chi connectivity index (χ4v) is 4.51. The fourth-order valence-electron chi connectivity index (χ4n) is 3.33. The van der Waals surface area contributed by atoms with E-state index in [1.54, 1.807) is 19.2 Å². The highest BCUT2D eigenvalue weighted by Gasteiger charge is 2.23. The molecule has 0 radical (unpaired) electrons. The van der Waals surface area contributed by atoms with E-state index in [2.05, 4.69) is 24.6 Å². The van der Waals surface area contributed by atoms with Gasteiger partial charge < -0.3 is 14.4 Å². The number of nitrogens with zero attached hydrogens (tertiary/aromatic N) is 4.